The Kier molecular flexibility index (Phi) is 4.53. The van der Waals surface area contributed by atoms with Crippen LogP contribution in [0.5, 0.6) is 5.75 Å². The second-order valence-corrected chi connectivity index (χ2v) is 7.06. The first-order chi connectivity index (χ1) is 12.7. The van der Waals surface area contributed by atoms with Gasteiger partial charge >= 0.3 is 6.03 Å². The van der Waals surface area contributed by atoms with E-state index in [1.54, 1.807) is 12.4 Å². The molecule has 0 saturated heterocycles. The molecule has 3 heterocycles. The van der Waals surface area contributed by atoms with E-state index in [2.05, 4.69) is 20.6 Å². The van der Waals surface area contributed by atoms with E-state index in [1.165, 1.54) is 16.9 Å². The van der Waals surface area contributed by atoms with Crippen LogP contribution in [0.15, 0.2) is 48.8 Å². The number of nitrogens with one attached hydrogen (secondary N) is 2. The summed E-state index contributed by atoms with van der Waals surface area (Å²) >= 11 is 1.45. The van der Waals surface area contributed by atoms with Crippen LogP contribution in [0, 0.1) is 6.92 Å². The van der Waals surface area contributed by atoms with Gasteiger partial charge in [0.25, 0.3) is 0 Å². The Morgan fingerprint density at radius 3 is 2.88 bits per heavy atom. The Bertz CT molecular complexity index is 901. The smallest absolute Gasteiger partial charge is 0.321 e. The number of carbonyl (C=O) groups is 1. The van der Waals surface area contributed by atoms with Gasteiger partial charge in [0.05, 0.1) is 17.1 Å². The number of para-hydroxylation sites is 1. The van der Waals surface area contributed by atoms with Crippen LogP contribution in [0.1, 0.15) is 11.3 Å². The number of anilines is 1. The van der Waals surface area contributed by atoms with Crippen LogP contribution in [0.2, 0.25) is 0 Å². The lowest BCUT2D eigenvalue weighted by molar-refractivity contribution is 0.219. The molecular weight excluding hydrogens is 348 g/mol. The molecule has 0 bridgehead atoms. The molecule has 1 aliphatic heterocycles. The quantitative estimate of drug-likeness (QED) is 0.739. The van der Waals surface area contributed by atoms with Crippen molar-refractivity contribution in [2.24, 2.45) is 0 Å². The predicted molar refractivity (Wildman–Crippen MR) is 102 cm³/mol. The number of fused-ring (bicyclic) bond motifs is 1. The molecule has 132 valence electrons. The van der Waals surface area contributed by atoms with Crippen molar-refractivity contribution in [3.8, 4) is 16.2 Å². The van der Waals surface area contributed by atoms with E-state index in [-0.39, 0.29) is 12.1 Å². The monoisotopic (exact) mass is 366 g/mol. The molecule has 2 N–H and O–H groups in total. The number of nitrogens with zero attached hydrogens (tertiary/aromatic N) is 2. The third-order valence-electron chi connectivity index (χ3n) is 4.16. The molecule has 2 amide bonds. The standard InChI is InChI=1S/C19H18N4O2S/c1-12-17(13-6-8-20-9-7-13)26-19(22-12)23-18(24)21-11-15-10-14-4-2-3-5-16(14)25-15/h2-9,15H,10-11H2,1H3,(H2,21,22,23,24). The van der Waals surface area contributed by atoms with Gasteiger partial charge in [0.15, 0.2) is 5.13 Å². The fourth-order valence-corrected chi connectivity index (χ4v) is 3.90. The minimum Gasteiger partial charge on any atom is -0.488 e. The van der Waals surface area contributed by atoms with Crippen molar-refractivity contribution in [2.75, 3.05) is 11.9 Å². The average Bonchev–Trinajstić information content (AvgIpc) is 3.23. The first kappa shape index (κ1) is 16.5. The minimum atomic E-state index is -0.278. The summed E-state index contributed by atoms with van der Waals surface area (Å²) in [6, 6.07) is 11.5. The molecule has 0 aliphatic carbocycles. The molecule has 26 heavy (non-hydrogen) atoms. The lowest BCUT2D eigenvalue weighted by atomic mass is 10.1. The number of carbonyl (C=O) groups excluding carboxylic acids is 1. The summed E-state index contributed by atoms with van der Waals surface area (Å²) in [5.41, 5.74) is 3.10. The number of hydrogen-bond acceptors (Lipinski definition) is 5. The van der Waals surface area contributed by atoms with Gasteiger partial charge in [-0.05, 0) is 36.2 Å². The first-order valence-corrected chi connectivity index (χ1v) is 9.18. The van der Waals surface area contributed by atoms with Gasteiger partial charge in [0, 0.05) is 18.8 Å². The number of benzene rings is 1. The van der Waals surface area contributed by atoms with Gasteiger partial charge in [-0.15, -0.1) is 0 Å². The summed E-state index contributed by atoms with van der Waals surface area (Å²) in [6.45, 7) is 2.38. The van der Waals surface area contributed by atoms with Crippen LogP contribution in [-0.4, -0.2) is 28.6 Å². The number of thiazole rings is 1. The third kappa shape index (κ3) is 3.52. The van der Waals surface area contributed by atoms with E-state index < -0.39 is 0 Å². The molecule has 0 saturated carbocycles. The highest BCUT2D eigenvalue weighted by molar-refractivity contribution is 7.19. The largest absolute Gasteiger partial charge is 0.488 e. The number of hydrogen-bond donors (Lipinski definition) is 2. The van der Waals surface area contributed by atoms with Crippen molar-refractivity contribution in [1.82, 2.24) is 15.3 Å². The van der Waals surface area contributed by atoms with Gasteiger partial charge in [0.1, 0.15) is 11.9 Å². The van der Waals surface area contributed by atoms with E-state index in [1.807, 2.05) is 43.3 Å². The van der Waals surface area contributed by atoms with Crippen molar-refractivity contribution in [2.45, 2.75) is 19.4 Å². The highest BCUT2D eigenvalue weighted by atomic mass is 32.1. The Balaban J connectivity index is 1.33. The average molecular weight is 366 g/mol. The van der Waals surface area contributed by atoms with Crippen molar-refractivity contribution < 1.29 is 9.53 Å². The molecule has 7 heteroatoms. The van der Waals surface area contributed by atoms with E-state index in [4.69, 9.17) is 4.74 Å². The van der Waals surface area contributed by atoms with Crippen LogP contribution >= 0.6 is 11.3 Å². The number of pyridine rings is 1. The highest BCUT2D eigenvalue weighted by Gasteiger charge is 2.22. The summed E-state index contributed by atoms with van der Waals surface area (Å²) in [6.07, 6.45) is 4.25. The molecule has 1 atom stereocenters. The van der Waals surface area contributed by atoms with Gasteiger partial charge in [-0.25, -0.2) is 9.78 Å². The number of aryl methyl sites for hydroxylation is 1. The number of rotatable bonds is 4. The van der Waals surface area contributed by atoms with Gasteiger partial charge in [-0.3, -0.25) is 10.3 Å². The van der Waals surface area contributed by atoms with Crippen LogP contribution in [0.4, 0.5) is 9.93 Å². The molecule has 1 unspecified atom stereocenters. The fraction of sp³-hybridized carbons (Fsp3) is 0.211. The molecule has 4 rings (SSSR count). The maximum Gasteiger partial charge on any atom is 0.321 e. The van der Waals surface area contributed by atoms with Gasteiger partial charge in [0.2, 0.25) is 0 Å². The van der Waals surface area contributed by atoms with Crippen molar-refractivity contribution >= 4 is 22.5 Å². The predicted octanol–water partition coefficient (Wildman–Crippen LogP) is 3.64. The van der Waals surface area contributed by atoms with E-state index >= 15 is 0 Å². The molecule has 3 aromatic rings. The second kappa shape index (κ2) is 7.13. The zero-order valence-electron chi connectivity index (χ0n) is 14.2. The summed E-state index contributed by atoms with van der Waals surface area (Å²) in [5, 5.41) is 6.23. The summed E-state index contributed by atoms with van der Waals surface area (Å²) < 4.78 is 5.83. The maximum absolute atomic E-state index is 12.2. The Morgan fingerprint density at radius 1 is 1.27 bits per heavy atom. The van der Waals surface area contributed by atoms with Crippen LogP contribution in [0.3, 0.4) is 0 Å². The zero-order valence-corrected chi connectivity index (χ0v) is 15.0. The summed E-state index contributed by atoms with van der Waals surface area (Å²) in [4.78, 5) is 21.7. The number of ether oxygens (including phenoxy) is 1. The van der Waals surface area contributed by atoms with E-state index in [9.17, 15) is 4.79 Å². The molecule has 6 nitrogen and oxygen atoms in total. The molecule has 1 aromatic carbocycles. The topological polar surface area (TPSA) is 76.1 Å². The number of urea groups is 1. The molecule has 0 fully saturated rings. The van der Waals surface area contributed by atoms with E-state index in [0.29, 0.717) is 11.7 Å². The van der Waals surface area contributed by atoms with E-state index in [0.717, 1.165) is 28.3 Å². The zero-order chi connectivity index (χ0) is 17.9. The van der Waals surface area contributed by atoms with Crippen molar-refractivity contribution in [3.63, 3.8) is 0 Å². The molecule has 2 aromatic heterocycles. The molecule has 0 spiro atoms. The van der Waals surface area contributed by atoms with Gasteiger partial charge < -0.3 is 10.1 Å². The SMILES string of the molecule is Cc1nc(NC(=O)NCC2Cc3ccccc3O2)sc1-c1ccncc1. The normalized spacial score (nSPS) is 15.2. The van der Waals surface area contributed by atoms with Gasteiger partial charge in [-0.1, -0.05) is 29.5 Å². The fourth-order valence-electron chi connectivity index (χ4n) is 2.94. The number of aromatic nitrogens is 2. The maximum atomic E-state index is 12.2. The minimum absolute atomic E-state index is 0.0384. The lowest BCUT2D eigenvalue weighted by Gasteiger charge is -2.11. The van der Waals surface area contributed by atoms with Gasteiger partial charge in [-0.2, -0.15) is 0 Å². The third-order valence-corrected chi connectivity index (χ3v) is 5.29. The first-order valence-electron chi connectivity index (χ1n) is 8.36. The molecule has 1 aliphatic rings. The molecular formula is C19H18N4O2S. The van der Waals surface area contributed by atoms with Crippen molar-refractivity contribution in [3.05, 3.63) is 60.0 Å². The number of amides is 2. The van der Waals surface area contributed by atoms with Crippen LogP contribution < -0.4 is 15.4 Å². The second-order valence-electron chi connectivity index (χ2n) is 6.06. The lowest BCUT2D eigenvalue weighted by Crippen LogP contribution is -2.37. The highest BCUT2D eigenvalue weighted by Crippen LogP contribution is 2.32. The molecule has 0 radical (unpaired) electrons. The Labute approximate surface area is 155 Å². The Morgan fingerprint density at radius 2 is 2.08 bits per heavy atom. The van der Waals surface area contributed by atoms with Crippen LogP contribution in [0.25, 0.3) is 10.4 Å². The van der Waals surface area contributed by atoms with Crippen LogP contribution in [-0.2, 0) is 6.42 Å². The summed E-state index contributed by atoms with van der Waals surface area (Å²) in [7, 11) is 0. The Hall–Kier alpha value is -2.93. The van der Waals surface area contributed by atoms with Crippen molar-refractivity contribution in [1.29, 1.82) is 0 Å². The summed E-state index contributed by atoms with van der Waals surface area (Å²) in [5.74, 6) is 0.900.